The van der Waals surface area contributed by atoms with Crippen LogP contribution in [0.2, 0.25) is 0 Å². The summed E-state index contributed by atoms with van der Waals surface area (Å²) < 4.78 is 5.55. The normalized spacial score (nSPS) is 19.9. The number of phenols is 1. The van der Waals surface area contributed by atoms with Crippen LogP contribution in [0, 0.1) is 0 Å². The van der Waals surface area contributed by atoms with Crippen LogP contribution in [0.15, 0.2) is 18.2 Å². The van der Waals surface area contributed by atoms with Crippen LogP contribution in [-0.2, 0) is 4.74 Å². The minimum Gasteiger partial charge on any atom is -0.508 e. The third-order valence-electron chi connectivity index (χ3n) is 3.95. The highest BCUT2D eigenvalue weighted by atomic mass is 16.5. The van der Waals surface area contributed by atoms with E-state index >= 15 is 0 Å². The van der Waals surface area contributed by atoms with E-state index in [-0.39, 0.29) is 11.6 Å². The van der Waals surface area contributed by atoms with Gasteiger partial charge in [0.25, 0.3) is 0 Å². The topological polar surface area (TPSA) is 44.7 Å². The first-order chi connectivity index (χ1) is 9.45. The van der Waals surface area contributed by atoms with Crippen molar-refractivity contribution in [2.45, 2.75) is 39.3 Å². The van der Waals surface area contributed by atoms with Crippen LogP contribution in [0.3, 0.4) is 0 Å². The number of benzene rings is 1. The summed E-state index contributed by atoms with van der Waals surface area (Å²) in [5.41, 5.74) is 1.96. The molecular weight excluding hydrogens is 252 g/mol. The van der Waals surface area contributed by atoms with Gasteiger partial charge in [-0.1, -0.05) is 13.0 Å². The zero-order valence-electron chi connectivity index (χ0n) is 12.9. The maximum atomic E-state index is 10.3. The molecule has 4 heteroatoms. The maximum absolute atomic E-state index is 10.3. The minimum atomic E-state index is -0.0422. The smallest absolute Gasteiger partial charge is 0.122 e. The van der Waals surface area contributed by atoms with E-state index in [1.54, 1.807) is 0 Å². The van der Waals surface area contributed by atoms with Crippen molar-refractivity contribution in [3.05, 3.63) is 23.8 Å². The van der Waals surface area contributed by atoms with Crippen LogP contribution in [0.25, 0.3) is 0 Å². The first-order valence-electron chi connectivity index (χ1n) is 7.37. The molecule has 1 unspecified atom stereocenters. The van der Waals surface area contributed by atoms with E-state index in [1.165, 1.54) is 0 Å². The molecule has 4 nitrogen and oxygen atoms in total. The van der Waals surface area contributed by atoms with E-state index in [2.05, 4.69) is 44.0 Å². The van der Waals surface area contributed by atoms with E-state index in [9.17, 15) is 5.11 Å². The van der Waals surface area contributed by atoms with Crippen LogP contribution >= 0.6 is 0 Å². The first-order valence-corrected chi connectivity index (χ1v) is 7.37. The molecule has 0 aromatic heterocycles. The van der Waals surface area contributed by atoms with Crippen molar-refractivity contribution in [2.24, 2.45) is 0 Å². The van der Waals surface area contributed by atoms with Gasteiger partial charge in [0, 0.05) is 29.9 Å². The molecule has 0 radical (unpaired) electrons. The standard InChI is InChI=1S/C16H26N2O2/c1-5-17-12(2)14-7-6-13(10-15(14)19)18-8-9-20-11-16(18,3)4/h6-7,10,12,17,19H,5,8-9,11H2,1-4H3. The van der Waals surface area contributed by atoms with Gasteiger partial charge in [0.05, 0.1) is 18.8 Å². The van der Waals surface area contributed by atoms with Crippen molar-refractivity contribution in [3.8, 4) is 5.75 Å². The quantitative estimate of drug-likeness (QED) is 0.889. The summed E-state index contributed by atoms with van der Waals surface area (Å²) in [5.74, 6) is 0.359. The number of hydrogen-bond donors (Lipinski definition) is 2. The predicted octanol–water partition coefficient (Wildman–Crippen LogP) is 2.68. The van der Waals surface area contributed by atoms with Crippen molar-refractivity contribution in [1.82, 2.24) is 5.32 Å². The van der Waals surface area contributed by atoms with E-state index in [4.69, 9.17) is 4.74 Å². The van der Waals surface area contributed by atoms with Gasteiger partial charge in [-0.2, -0.15) is 0 Å². The second kappa shape index (κ2) is 6.02. The molecule has 1 aliphatic heterocycles. The Morgan fingerprint density at radius 2 is 2.20 bits per heavy atom. The summed E-state index contributed by atoms with van der Waals surface area (Å²) in [6, 6.07) is 6.14. The molecule has 1 atom stereocenters. The van der Waals surface area contributed by atoms with Gasteiger partial charge in [-0.05, 0) is 33.4 Å². The van der Waals surface area contributed by atoms with Crippen molar-refractivity contribution in [2.75, 3.05) is 31.2 Å². The fourth-order valence-corrected chi connectivity index (χ4v) is 2.82. The third-order valence-corrected chi connectivity index (χ3v) is 3.95. The second-order valence-corrected chi connectivity index (χ2v) is 6.04. The van der Waals surface area contributed by atoms with Crippen molar-refractivity contribution in [3.63, 3.8) is 0 Å². The Morgan fingerprint density at radius 1 is 1.45 bits per heavy atom. The minimum absolute atomic E-state index is 0.0422. The SMILES string of the molecule is CCNC(C)c1ccc(N2CCOCC2(C)C)cc1O. The molecule has 20 heavy (non-hydrogen) atoms. The number of nitrogens with one attached hydrogen (secondary N) is 1. The summed E-state index contributed by atoms with van der Waals surface area (Å²) in [6.07, 6.45) is 0. The lowest BCUT2D eigenvalue weighted by Crippen LogP contribution is -2.53. The number of hydrogen-bond acceptors (Lipinski definition) is 4. The molecule has 1 heterocycles. The van der Waals surface area contributed by atoms with E-state index < -0.39 is 0 Å². The van der Waals surface area contributed by atoms with Gasteiger partial charge in [-0.3, -0.25) is 0 Å². The number of rotatable bonds is 4. The Kier molecular flexibility index (Phi) is 4.55. The Bertz CT molecular complexity index is 460. The lowest BCUT2D eigenvalue weighted by molar-refractivity contribution is 0.0644. The van der Waals surface area contributed by atoms with E-state index in [1.807, 2.05) is 12.1 Å². The van der Waals surface area contributed by atoms with Crippen LogP contribution in [0.1, 0.15) is 39.3 Å². The van der Waals surface area contributed by atoms with Gasteiger partial charge < -0.3 is 20.1 Å². The molecule has 1 saturated heterocycles. The number of morpholine rings is 1. The summed E-state index contributed by atoms with van der Waals surface area (Å²) in [7, 11) is 0. The lowest BCUT2D eigenvalue weighted by Gasteiger charge is -2.44. The lowest BCUT2D eigenvalue weighted by atomic mass is 10.00. The number of anilines is 1. The van der Waals surface area contributed by atoms with Crippen LogP contribution in [0.5, 0.6) is 5.75 Å². The molecule has 0 aliphatic carbocycles. The second-order valence-electron chi connectivity index (χ2n) is 6.04. The molecule has 1 aromatic rings. The molecule has 2 N–H and O–H groups in total. The monoisotopic (exact) mass is 278 g/mol. The van der Waals surface area contributed by atoms with Crippen LogP contribution in [-0.4, -0.2) is 36.9 Å². The highest BCUT2D eigenvalue weighted by molar-refractivity contribution is 5.56. The van der Waals surface area contributed by atoms with Crippen molar-refractivity contribution < 1.29 is 9.84 Å². The molecule has 0 bridgehead atoms. The van der Waals surface area contributed by atoms with Gasteiger partial charge in [0.15, 0.2) is 0 Å². The Labute approximate surface area is 121 Å². The maximum Gasteiger partial charge on any atom is 0.122 e. The molecule has 0 saturated carbocycles. The van der Waals surface area contributed by atoms with Crippen molar-refractivity contribution >= 4 is 5.69 Å². The van der Waals surface area contributed by atoms with Crippen LogP contribution in [0.4, 0.5) is 5.69 Å². The van der Waals surface area contributed by atoms with Crippen LogP contribution < -0.4 is 10.2 Å². The largest absolute Gasteiger partial charge is 0.508 e. The average molecular weight is 278 g/mol. The highest BCUT2D eigenvalue weighted by Gasteiger charge is 2.31. The molecule has 1 aliphatic rings. The molecule has 1 fully saturated rings. The zero-order chi connectivity index (χ0) is 14.8. The number of phenolic OH excluding ortho intramolecular Hbond substituents is 1. The van der Waals surface area contributed by atoms with E-state index in [0.29, 0.717) is 12.4 Å². The summed E-state index contributed by atoms with van der Waals surface area (Å²) in [5, 5.41) is 13.6. The third kappa shape index (κ3) is 3.07. The highest BCUT2D eigenvalue weighted by Crippen LogP contribution is 2.33. The van der Waals surface area contributed by atoms with Gasteiger partial charge in [-0.25, -0.2) is 0 Å². The van der Waals surface area contributed by atoms with Crippen molar-refractivity contribution in [1.29, 1.82) is 0 Å². The predicted molar refractivity (Wildman–Crippen MR) is 82.4 cm³/mol. The zero-order valence-corrected chi connectivity index (χ0v) is 12.9. The fraction of sp³-hybridized carbons (Fsp3) is 0.625. The average Bonchev–Trinajstić information content (AvgIpc) is 2.38. The Morgan fingerprint density at radius 3 is 2.80 bits per heavy atom. The Balaban J connectivity index is 2.24. The molecule has 1 aromatic carbocycles. The summed E-state index contributed by atoms with van der Waals surface area (Å²) in [6.45, 7) is 11.7. The fourth-order valence-electron chi connectivity index (χ4n) is 2.82. The van der Waals surface area contributed by atoms with E-state index in [0.717, 1.165) is 30.9 Å². The van der Waals surface area contributed by atoms with Gasteiger partial charge in [0.2, 0.25) is 0 Å². The Hall–Kier alpha value is -1.26. The molecule has 112 valence electrons. The molecule has 0 amide bonds. The first kappa shape index (κ1) is 15.1. The van der Waals surface area contributed by atoms with Gasteiger partial charge in [-0.15, -0.1) is 0 Å². The molecule has 0 spiro atoms. The molecular formula is C16H26N2O2. The number of aromatic hydroxyl groups is 1. The number of ether oxygens (including phenoxy) is 1. The summed E-state index contributed by atoms with van der Waals surface area (Å²) >= 11 is 0. The number of nitrogens with zero attached hydrogens (tertiary/aromatic N) is 1. The van der Waals surface area contributed by atoms with Gasteiger partial charge in [0.1, 0.15) is 5.75 Å². The van der Waals surface area contributed by atoms with Gasteiger partial charge >= 0.3 is 0 Å². The molecule has 2 rings (SSSR count). The summed E-state index contributed by atoms with van der Waals surface area (Å²) in [4.78, 5) is 2.30.